The van der Waals surface area contributed by atoms with Gasteiger partial charge in [0.15, 0.2) is 17.4 Å². The highest BCUT2D eigenvalue weighted by Gasteiger charge is 2.13. The molecule has 4 aromatic rings. The SMILES string of the molecule is O=C(COc1c(Br)cc(Br)c2cccnc12)N/N=C/c1ccc(Sc2ccc(Cl)cc2)o1. The Balaban J connectivity index is 1.33. The molecule has 0 aliphatic rings. The van der Waals surface area contributed by atoms with Crippen LogP contribution in [0.4, 0.5) is 0 Å². The second-order valence-corrected chi connectivity index (χ2v) is 9.59. The third-order valence-corrected chi connectivity index (χ3v) is 6.54. The molecule has 2 heterocycles. The van der Waals surface area contributed by atoms with Gasteiger partial charge in [0.2, 0.25) is 0 Å². The number of rotatable bonds is 7. The number of aromatic nitrogens is 1. The van der Waals surface area contributed by atoms with E-state index < -0.39 is 5.91 Å². The number of amides is 1. The molecule has 6 nitrogen and oxygen atoms in total. The topological polar surface area (TPSA) is 76.7 Å². The average molecular weight is 596 g/mol. The first-order valence-electron chi connectivity index (χ1n) is 9.20. The van der Waals surface area contributed by atoms with Crippen molar-refractivity contribution < 1.29 is 13.9 Å². The summed E-state index contributed by atoms with van der Waals surface area (Å²) >= 11 is 14.3. The summed E-state index contributed by atoms with van der Waals surface area (Å²) in [5.74, 6) is 0.578. The molecule has 1 N–H and O–H groups in total. The van der Waals surface area contributed by atoms with Crippen LogP contribution in [-0.4, -0.2) is 23.7 Å². The zero-order chi connectivity index (χ0) is 22.5. The monoisotopic (exact) mass is 593 g/mol. The summed E-state index contributed by atoms with van der Waals surface area (Å²) in [5.41, 5.74) is 3.07. The van der Waals surface area contributed by atoms with Gasteiger partial charge in [-0.1, -0.05) is 45.4 Å². The highest BCUT2D eigenvalue weighted by Crippen LogP contribution is 2.37. The number of benzene rings is 2. The molecule has 2 aromatic heterocycles. The standard InChI is InChI=1S/C22H14Br2ClN3O3S/c23-17-10-18(24)22(21-16(17)2-1-9-26-21)30-12-19(29)28-27-11-14-5-8-20(31-14)32-15-6-3-13(25)4-7-15/h1-11H,12H2,(H,28,29)/b27-11+. The molecule has 10 heteroatoms. The predicted octanol–water partition coefficient (Wildman–Crippen LogP) is 6.69. The van der Waals surface area contributed by atoms with Crippen molar-refractivity contribution in [3.63, 3.8) is 0 Å². The Labute approximate surface area is 209 Å². The molecule has 162 valence electrons. The second-order valence-electron chi connectivity index (χ2n) is 6.36. The van der Waals surface area contributed by atoms with Crippen molar-refractivity contribution in [3.05, 3.63) is 80.5 Å². The number of hydrogen-bond donors (Lipinski definition) is 1. The largest absolute Gasteiger partial charge is 0.480 e. The highest BCUT2D eigenvalue weighted by molar-refractivity contribution is 9.11. The lowest BCUT2D eigenvalue weighted by atomic mass is 10.2. The van der Waals surface area contributed by atoms with E-state index in [4.69, 9.17) is 20.8 Å². The van der Waals surface area contributed by atoms with Gasteiger partial charge in [-0.25, -0.2) is 5.43 Å². The van der Waals surface area contributed by atoms with Crippen LogP contribution in [0.3, 0.4) is 0 Å². The van der Waals surface area contributed by atoms with Gasteiger partial charge in [-0.15, -0.1) is 0 Å². The number of furan rings is 1. The maximum Gasteiger partial charge on any atom is 0.277 e. The Kier molecular flexibility index (Phi) is 7.51. The minimum Gasteiger partial charge on any atom is -0.480 e. The van der Waals surface area contributed by atoms with Gasteiger partial charge in [0.1, 0.15) is 11.3 Å². The normalized spacial score (nSPS) is 11.2. The molecule has 0 saturated heterocycles. The molecule has 0 saturated carbocycles. The highest BCUT2D eigenvalue weighted by atomic mass is 79.9. The van der Waals surface area contributed by atoms with E-state index in [0.29, 0.717) is 31.6 Å². The van der Waals surface area contributed by atoms with Crippen LogP contribution >= 0.6 is 55.2 Å². The molecule has 4 rings (SSSR count). The third-order valence-electron chi connectivity index (χ3n) is 4.11. The minimum absolute atomic E-state index is 0.223. The Morgan fingerprint density at radius 1 is 1.19 bits per heavy atom. The minimum atomic E-state index is -0.414. The number of nitrogens with one attached hydrogen (secondary N) is 1. The van der Waals surface area contributed by atoms with Crippen molar-refractivity contribution in [2.75, 3.05) is 6.61 Å². The van der Waals surface area contributed by atoms with E-state index in [2.05, 4.69) is 47.4 Å². The molecule has 0 aliphatic carbocycles. The Bertz CT molecular complexity index is 1300. The van der Waals surface area contributed by atoms with Crippen LogP contribution in [0.15, 0.2) is 89.2 Å². The fraction of sp³-hybridized carbons (Fsp3) is 0.0455. The molecule has 0 spiro atoms. The first-order valence-corrected chi connectivity index (χ1v) is 12.0. The summed E-state index contributed by atoms with van der Waals surface area (Å²) in [6, 6.07) is 16.6. The van der Waals surface area contributed by atoms with Gasteiger partial charge in [-0.2, -0.15) is 5.10 Å². The van der Waals surface area contributed by atoms with E-state index in [1.807, 2.05) is 48.5 Å². The van der Waals surface area contributed by atoms with Crippen LogP contribution in [0.1, 0.15) is 5.76 Å². The summed E-state index contributed by atoms with van der Waals surface area (Å²) in [7, 11) is 0. The van der Waals surface area contributed by atoms with E-state index in [-0.39, 0.29) is 6.61 Å². The fourth-order valence-corrected chi connectivity index (χ4v) is 4.99. The Morgan fingerprint density at radius 2 is 2.00 bits per heavy atom. The molecule has 0 atom stereocenters. The summed E-state index contributed by atoms with van der Waals surface area (Å²) < 4.78 is 12.9. The molecule has 0 unspecified atom stereocenters. The number of fused-ring (bicyclic) bond motifs is 1. The average Bonchev–Trinajstić information content (AvgIpc) is 3.22. The first-order chi connectivity index (χ1) is 15.5. The van der Waals surface area contributed by atoms with E-state index in [1.165, 1.54) is 18.0 Å². The second kappa shape index (κ2) is 10.5. The Hall–Kier alpha value is -2.33. The number of nitrogens with zero attached hydrogens (tertiary/aromatic N) is 2. The molecule has 0 aliphatic heterocycles. The van der Waals surface area contributed by atoms with Crippen molar-refractivity contribution in [1.29, 1.82) is 0 Å². The number of carbonyl (C=O) groups excluding carboxylic acids is 1. The molecule has 0 bridgehead atoms. The van der Waals surface area contributed by atoms with Crippen molar-refractivity contribution in [2.45, 2.75) is 9.99 Å². The summed E-state index contributed by atoms with van der Waals surface area (Å²) in [6.07, 6.45) is 3.09. The first kappa shape index (κ1) is 22.8. The lowest BCUT2D eigenvalue weighted by Gasteiger charge is -2.11. The van der Waals surface area contributed by atoms with Crippen molar-refractivity contribution in [1.82, 2.24) is 10.4 Å². The zero-order valence-corrected chi connectivity index (χ0v) is 21.0. The van der Waals surface area contributed by atoms with Gasteiger partial charge < -0.3 is 9.15 Å². The molecule has 0 fully saturated rings. The third kappa shape index (κ3) is 5.72. The van der Waals surface area contributed by atoms with Crippen LogP contribution in [0.2, 0.25) is 5.02 Å². The van der Waals surface area contributed by atoms with Crippen molar-refractivity contribution in [2.24, 2.45) is 5.10 Å². The molecular weight excluding hydrogens is 582 g/mol. The van der Waals surface area contributed by atoms with Gasteiger partial charge in [0, 0.05) is 26.0 Å². The van der Waals surface area contributed by atoms with Gasteiger partial charge in [-0.3, -0.25) is 9.78 Å². The smallest absolute Gasteiger partial charge is 0.277 e. The number of halogens is 3. The number of ether oxygens (including phenoxy) is 1. The lowest BCUT2D eigenvalue weighted by Crippen LogP contribution is -2.24. The van der Waals surface area contributed by atoms with Gasteiger partial charge in [0.05, 0.1) is 10.7 Å². The maximum absolute atomic E-state index is 12.2. The molecule has 32 heavy (non-hydrogen) atoms. The summed E-state index contributed by atoms with van der Waals surface area (Å²) in [4.78, 5) is 17.5. The predicted molar refractivity (Wildman–Crippen MR) is 133 cm³/mol. The Morgan fingerprint density at radius 3 is 2.81 bits per heavy atom. The number of carbonyl (C=O) groups is 1. The van der Waals surface area contributed by atoms with Gasteiger partial charge in [-0.05, 0) is 64.5 Å². The maximum atomic E-state index is 12.2. The summed E-state index contributed by atoms with van der Waals surface area (Å²) in [6.45, 7) is -0.223. The molecule has 1 amide bonds. The van der Waals surface area contributed by atoms with Crippen LogP contribution in [0, 0.1) is 0 Å². The van der Waals surface area contributed by atoms with Crippen molar-refractivity contribution >= 4 is 78.2 Å². The van der Waals surface area contributed by atoms with E-state index >= 15 is 0 Å². The van der Waals surface area contributed by atoms with Gasteiger partial charge in [0.25, 0.3) is 5.91 Å². The van der Waals surface area contributed by atoms with Crippen LogP contribution in [0.5, 0.6) is 5.75 Å². The zero-order valence-electron chi connectivity index (χ0n) is 16.2. The van der Waals surface area contributed by atoms with Crippen LogP contribution in [-0.2, 0) is 4.79 Å². The lowest BCUT2D eigenvalue weighted by molar-refractivity contribution is -0.123. The number of hydrogen-bond acceptors (Lipinski definition) is 6. The number of hydrazone groups is 1. The molecule has 0 radical (unpaired) electrons. The number of pyridine rings is 1. The quantitative estimate of drug-likeness (QED) is 0.190. The summed E-state index contributed by atoms with van der Waals surface area (Å²) in [5, 5.41) is 6.18. The molecular formula is C22H14Br2ClN3O3S. The van der Waals surface area contributed by atoms with Crippen LogP contribution in [0.25, 0.3) is 10.9 Å². The van der Waals surface area contributed by atoms with E-state index in [1.54, 1.807) is 12.3 Å². The van der Waals surface area contributed by atoms with Crippen molar-refractivity contribution in [3.8, 4) is 5.75 Å². The van der Waals surface area contributed by atoms with E-state index in [9.17, 15) is 4.79 Å². The van der Waals surface area contributed by atoms with Gasteiger partial charge >= 0.3 is 0 Å². The van der Waals surface area contributed by atoms with E-state index in [0.717, 1.165) is 14.8 Å². The fourth-order valence-electron chi connectivity index (χ4n) is 2.70. The van der Waals surface area contributed by atoms with Crippen LogP contribution < -0.4 is 10.2 Å². The molecule has 2 aromatic carbocycles.